The number of piperidine rings is 1. The van der Waals surface area contributed by atoms with Crippen molar-refractivity contribution in [2.45, 2.75) is 49.5 Å². The Kier molecular flexibility index (Phi) is 5.03. The lowest BCUT2D eigenvalue weighted by molar-refractivity contribution is 0.0218. The van der Waals surface area contributed by atoms with Crippen molar-refractivity contribution < 1.29 is 13.7 Å². The van der Waals surface area contributed by atoms with Gasteiger partial charge < -0.3 is 9.64 Å². The highest BCUT2D eigenvalue weighted by Gasteiger charge is 2.30. The van der Waals surface area contributed by atoms with E-state index in [0.29, 0.717) is 31.0 Å². The van der Waals surface area contributed by atoms with Gasteiger partial charge in [0.25, 0.3) is 0 Å². The average Bonchev–Trinajstić information content (AvgIpc) is 2.59. The summed E-state index contributed by atoms with van der Waals surface area (Å²) in [7, 11) is -1.23. The van der Waals surface area contributed by atoms with Crippen LogP contribution in [0.4, 0.5) is 4.79 Å². The number of likely N-dealkylation sites (tertiary alicyclic amines) is 1. The molecule has 1 aliphatic heterocycles. The molecule has 1 amide bonds. The number of aromatic nitrogens is 2. The largest absolute Gasteiger partial charge is 0.444 e. The summed E-state index contributed by atoms with van der Waals surface area (Å²) in [6, 6.07) is 7.55. The molecule has 2 heterocycles. The molecule has 1 fully saturated rings. The van der Waals surface area contributed by atoms with Gasteiger partial charge >= 0.3 is 6.09 Å². The van der Waals surface area contributed by atoms with Gasteiger partial charge in [-0.15, -0.1) is 0 Å². The fourth-order valence-corrected chi connectivity index (χ4v) is 4.11. The Balaban J connectivity index is 1.63. The highest BCUT2D eigenvalue weighted by atomic mass is 32.2. The number of hydrogen-bond acceptors (Lipinski definition) is 5. The number of rotatable bonds is 2. The summed E-state index contributed by atoms with van der Waals surface area (Å²) < 4.78 is 18.2. The predicted octanol–water partition coefficient (Wildman–Crippen LogP) is 3.14. The second-order valence-corrected chi connectivity index (χ2v) is 8.84. The van der Waals surface area contributed by atoms with E-state index in [9.17, 15) is 9.00 Å². The molecule has 25 heavy (non-hydrogen) atoms. The monoisotopic (exact) mass is 361 g/mol. The normalized spacial score (nSPS) is 17.5. The van der Waals surface area contributed by atoms with E-state index in [1.165, 1.54) is 0 Å². The molecule has 1 atom stereocenters. The summed E-state index contributed by atoms with van der Waals surface area (Å²) in [4.78, 5) is 22.6. The second-order valence-electron chi connectivity index (χ2n) is 7.16. The van der Waals surface area contributed by atoms with Crippen molar-refractivity contribution in [1.29, 1.82) is 0 Å². The third-order valence-electron chi connectivity index (χ3n) is 4.03. The maximum absolute atomic E-state index is 12.8. The number of ether oxygens (including phenoxy) is 1. The van der Waals surface area contributed by atoms with Crippen molar-refractivity contribution in [3.63, 3.8) is 0 Å². The summed E-state index contributed by atoms with van der Waals surface area (Å²) >= 11 is 0. The number of nitrogens with zero attached hydrogens (tertiary/aromatic N) is 3. The predicted molar refractivity (Wildman–Crippen MR) is 96.8 cm³/mol. The number of amides is 1. The first kappa shape index (κ1) is 17.8. The minimum absolute atomic E-state index is 0.0193. The summed E-state index contributed by atoms with van der Waals surface area (Å²) in [5.41, 5.74) is 1.04. The van der Waals surface area contributed by atoms with E-state index in [1.807, 2.05) is 45.0 Å². The van der Waals surface area contributed by atoms with Gasteiger partial charge in [-0.25, -0.2) is 9.78 Å². The van der Waals surface area contributed by atoms with Gasteiger partial charge in [0.2, 0.25) is 0 Å². The van der Waals surface area contributed by atoms with Crippen molar-refractivity contribution in [3.05, 3.63) is 30.5 Å². The molecule has 134 valence electrons. The van der Waals surface area contributed by atoms with Crippen LogP contribution in [0.25, 0.3) is 11.0 Å². The first-order valence-corrected chi connectivity index (χ1v) is 9.65. The molecule has 1 aromatic heterocycles. The van der Waals surface area contributed by atoms with Gasteiger partial charge in [0.1, 0.15) is 10.6 Å². The molecule has 3 rings (SSSR count). The molecular weight excluding hydrogens is 338 g/mol. The Morgan fingerprint density at radius 2 is 1.84 bits per heavy atom. The van der Waals surface area contributed by atoms with Crippen molar-refractivity contribution in [3.8, 4) is 0 Å². The molecule has 0 saturated carbocycles. The van der Waals surface area contributed by atoms with Crippen molar-refractivity contribution >= 4 is 27.9 Å². The van der Waals surface area contributed by atoms with E-state index < -0.39 is 16.4 Å². The zero-order valence-electron chi connectivity index (χ0n) is 14.8. The molecule has 2 aromatic rings. The van der Waals surface area contributed by atoms with Gasteiger partial charge in [0.05, 0.1) is 28.0 Å². The highest BCUT2D eigenvalue weighted by Crippen LogP contribution is 2.22. The molecule has 6 nitrogen and oxygen atoms in total. The lowest BCUT2D eigenvalue weighted by atomic mass is 10.1. The van der Waals surface area contributed by atoms with Gasteiger partial charge in [0, 0.05) is 18.3 Å². The zero-order valence-corrected chi connectivity index (χ0v) is 15.6. The molecule has 0 spiro atoms. The van der Waals surface area contributed by atoms with Crippen LogP contribution in [0.3, 0.4) is 0 Å². The van der Waals surface area contributed by atoms with E-state index >= 15 is 0 Å². The third-order valence-corrected chi connectivity index (χ3v) is 5.71. The van der Waals surface area contributed by atoms with Crippen molar-refractivity contribution in [2.75, 3.05) is 13.1 Å². The molecule has 0 aliphatic carbocycles. The third kappa shape index (κ3) is 4.34. The van der Waals surface area contributed by atoms with Crippen LogP contribution in [0.5, 0.6) is 0 Å². The number of hydrogen-bond donors (Lipinski definition) is 0. The minimum Gasteiger partial charge on any atom is -0.444 e. The first-order chi connectivity index (χ1) is 11.8. The Morgan fingerprint density at radius 3 is 2.48 bits per heavy atom. The van der Waals surface area contributed by atoms with E-state index in [-0.39, 0.29) is 11.3 Å². The van der Waals surface area contributed by atoms with Crippen molar-refractivity contribution in [1.82, 2.24) is 14.9 Å². The molecule has 7 heteroatoms. The zero-order chi connectivity index (χ0) is 18.0. The molecular formula is C18H23N3O3S. The molecule has 1 saturated heterocycles. The minimum atomic E-state index is -1.23. The van der Waals surface area contributed by atoms with Crippen LogP contribution in [0.15, 0.2) is 35.5 Å². The lowest BCUT2D eigenvalue weighted by Crippen LogP contribution is -2.43. The van der Waals surface area contributed by atoms with Gasteiger partial charge in [-0.3, -0.25) is 9.19 Å². The quantitative estimate of drug-likeness (QED) is 0.822. The maximum Gasteiger partial charge on any atom is 0.410 e. The fraction of sp³-hybridized carbons (Fsp3) is 0.500. The number of fused-ring (bicyclic) bond motifs is 1. The number of carbonyl (C=O) groups excluding carboxylic acids is 1. The Morgan fingerprint density at radius 1 is 1.20 bits per heavy atom. The van der Waals surface area contributed by atoms with Crippen LogP contribution in [0.1, 0.15) is 33.6 Å². The summed E-state index contributed by atoms with van der Waals surface area (Å²) in [5, 5.41) is 0.489. The Bertz CT molecular complexity index is 795. The summed E-state index contributed by atoms with van der Waals surface area (Å²) in [6.07, 6.45) is 2.63. The Labute approximate surface area is 150 Å². The second kappa shape index (κ2) is 7.07. The molecule has 0 radical (unpaired) electrons. The first-order valence-electron chi connectivity index (χ1n) is 8.44. The lowest BCUT2D eigenvalue weighted by Gasteiger charge is -2.32. The van der Waals surface area contributed by atoms with Crippen LogP contribution in [0.2, 0.25) is 0 Å². The maximum atomic E-state index is 12.8. The van der Waals surface area contributed by atoms with Crippen LogP contribution in [-0.2, 0) is 15.5 Å². The number of benzene rings is 1. The smallest absolute Gasteiger partial charge is 0.410 e. The average molecular weight is 361 g/mol. The van der Waals surface area contributed by atoms with Gasteiger partial charge in [0.15, 0.2) is 0 Å². The molecule has 1 aliphatic rings. The van der Waals surface area contributed by atoms with Crippen molar-refractivity contribution in [2.24, 2.45) is 0 Å². The van der Waals surface area contributed by atoms with Crippen LogP contribution in [-0.4, -0.2) is 49.1 Å². The summed E-state index contributed by atoms with van der Waals surface area (Å²) in [5.74, 6) is 0. The summed E-state index contributed by atoms with van der Waals surface area (Å²) in [6.45, 7) is 6.65. The topological polar surface area (TPSA) is 72.4 Å². The SMILES string of the molecule is CC(C)(C)OC(=O)N1CCC([S@](=O)c2cnc3ccccc3n2)CC1. The van der Waals surface area contributed by atoms with E-state index in [0.717, 1.165) is 11.0 Å². The molecule has 0 unspecified atom stereocenters. The number of para-hydroxylation sites is 2. The van der Waals surface area contributed by atoms with Gasteiger partial charge in [-0.05, 0) is 45.7 Å². The van der Waals surface area contributed by atoms with E-state index in [1.54, 1.807) is 11.1 Å². The standard InChI is InChI=1S/C18H23N3O3S/c1-18(2,3)24-17(22)21-10-8-13(9-11-21)25(23)16-12-19-14-6-4-5-7-15(14)20-16/h4-7,12-13H,8-11H2,1-3H3/t25-/m0/s1. The fourth-order valence-electron chi connectivity index (χ4n) is 2.79. The van der Waals surface area contributed by atoms with Crippen LogP contribution < -0.4 is 0 Å². The molecule has 0 bridgehead atoms. The van der Waals surface area contributed by atoms with Crippen LogP contribution in [0, 0.1) is 0 Å². The van der Waals surface area contributed by atoms with Crippen LogP contribution >= 0.6 is 0 Å². The van der Waals surface area contributed by atoms with E-state index in [4.69, 9.17) is 4.74 Å². The number of carbonyl (C=O) groups is 1. The van der Waals surface area contributed by atoms with E-state index in [2.05, 4.69) is 9.97 Å². The molecule has 1 aromatic carbocycles. The van der Waals surface area contributed by atoms with Gasteiger partial charge in [-0.2, -0.15) is 0 Å². The van der Waals surface area contributed by atoms with Gasteiger partial charge in [-0.1, -0.05) is 12.1 Å². The highest BCUT2D eigenvalue weighted by molar-refractivity contribution is 7.85. The Hall–Kier alpha value is -2.02. The molecule has 0 N–H and O–H groups in total.